The topological polar surface area (TPSA) is 81.3 Å². The van der Waals surface area contributed by atoms with E-state index in [9.17, 15) is 4.79 Å². The minimum absolute atomic E-state index is 0.101. The van der Waals surface area contributed by atoms with E-state index in [-0.39, 0.29) is 5.91 Å². The van der Waals surface area contributed by atoms with Crippen LogP contribution in [0.25, 0.3) is 0 Å². The van der Waals surface area contributed by atoms with Crippen LogP contribution in [0.1, 0.15) is 21.8 Å². The van der Waals surface area contributed by atoms with Crippen molar-refractivity contribution in [2.75, 3.05) is 26.8 Å². The highest BCUT2D eigenvalue weighted by molar-refractivity contribution is 7.80. The van der Waals surface area contributed by atoms with Gasteiger partial charge in [-0.05, 0) is 18.5 Å². The smallest absolute Gasteiger partial charge is 0.267 e. The average Bonchev–Trinajstić information content (AvgIpc) is 2.74. The normalized spacial score (nSPS) is 10.3. The van der Waals surface area contributed by atoms with Gasteiger partial charge in [0, 0.05) is 26.6 Å². The Labute approximate surface area is 115 Å². The molecule has 0 aromatic carbocycles. The van der Waals surface area contributed by atoms with Crippen molar-refractivity contribution in [2.45, 2.75) is 13.3 Å². The Kier molecular flexibility index (Phi) is 6.10. The highest BCUT2D eigenvalue weighted by Gasteiger charge is 2.20. The van der Waals surface area contributed by atoms with E-state index in [0.29, 0.717) is 41.7 Å². The second-order valence-electron chi connectivity index (χ2n) is 3.69. The van der Waals surface area contributed by atoms with Gasteiger partial charge in [-0.25, -0.2) is 0 Å². The zero-order valence-corrected chi connectivity index (χ0v) is 12.0. The predicted molar refractivity (Wildman–Crippen MR) is 73.8 cm³/mol. The van der Waals surface area contributed by atoms with Crippen LogP contribution in [0, 0.1) is 6.92 Å². The first-order valence-electron chi connectivity index (χ1n) is 5.41. The van der Waals surface area contributed by atoms with Crippen molar-refractivity contribution >= 4 is 34.6 Å². The third-order valence-corrected chi connectivity index (χ3v) is 3.35. The number of nitrogens with zero attached hydrogens (tertiary/aromatic N) is 3. The van der Waals surface area contributed by atoms with Crippen LogP contribution < -0.4 is 5.73 Å². The summed E-state index contributed by atoms with van der Waals surface area (Å²) in [7, 11) is 1.59. The van der Waals surface area contributed by atoms with Gasteiger partial charge in [-0.15, -0.1) is 5.10 Å². The molecule has 1 aromatic rings. The summed E-state index contributed by atoms with van der Waals surface area (Å²) in [4.78, 5) is 14.9. The number of rotatable bonds is 7. The molecule has 1 amide bonds. The number of aromatic nitrogens is 2. The molecule has 8 heteroatoms. The molecule has 1 rings (SSSR count). The number of aryl methyl sites for hydroxylation is 1. The molecule has 1 aromatic heterocycles. The minimum atomic E-state index is -0.101. The van der Waals surface area contributed by atoms with Crippen molar-refractivity contribution in [2.24, 2.45) is 5.73 Å². The third kappa shape index (κ3) is 4.28. The molecule has 0 aliphatic carbocycles. The lowest BCUT2D eigenvalue weighted by atomic mass is 10.3. The Hall–Kier alpha value is -1.12. The lowest BCUT2D eigenvalue weighted by Gasteiger charge is -2.21. The third-order valence-electron chi connectivity index (χ3n) is 2.33. The number of thiocarbonyl (C=S) groups is 1. The Bertz CT molecular complexity index is 422. The molecule has 0 saturated carbocycles. The van der Waals surface area contributed by atoms with Crippen molar-refractivity contribution in [3.63, 3.8) is 0 Å². The van der Waals surface area contributed by atoms with Crippen LogP contribution in [0.3, 0.4) is 0 Å². The second-order valence-corrected chi connectivity index (χ2v) is 4.97. The Morgan fingerprint density at radius 1 is 1.56 bits per heavy atom. The van der Waals surface area contributed by atoms with E-state index in [1.807, 2.05) is 0 Å². The van der Waals surface area contributed by atoms with E-state index in [1.54, 1.807) is 18.9 Å². The molecule has 0 radical (unpaired) electrons. The second kappa shape index (κ2) is 7.34. The number of ether oxygens (including phenoxy) is 1. The fraction of sp³-hybridized carbons (Fsp3) is 0.600. The maximum Gasteiger partial charge on any atom is 0.267 e. The molecule has 0 spiro atoms. The van der Waals surface area contributed by atoms with E-state index in [2.05, 4.69) is 9.59 Å². The number of hydrogen-bond donors (Lipinski definition) is 1. The zero-order chi connectivity index (χ0) is 13.5. The van der Waals surface area contributed by atoms with Crippen LogP contribution in [0.4, 0.5) is 0 Å². The van der Waals surface area contributed by atoms with Crippen molar-refractivity contribution in [3.8, 4) is 0 Å². The standard InChI is InChI=1S/C10H16N4O2S2/c1-7-9(18-13-12-7)10(15)14(5-6-16-2)4-3-8(11)17/h3-6H2,1-2H3,(H2,11,17). The molecular weight excluding hydrogens is 272 g/mol. The average molecular weight is 288 g/mol. The molecule has 0 atom stereocenters. The first-order valence-corrected chi connectivity index (χ1v) is 6.60. The predicted octanol–water partition coefficient (Wildman–Crippen LogP) is 0.611. The Morgan fingerprint density at radius 3 is 2.78 bits per heavy atom. The molecule has 0 unspecified atom stereocenters. The molecule has 1 heterocycles. The van der Waals surface area contributed by atoms with Crippen molar-refractivity contribution in [1.82, 2.24) is 14.5 Å². The molecular formula is C10H16N4O2S2. The van der Waals surface area contributed by atoms with Gasteiger partial charge in [0.25, 0.3) is 5.91 Å². The number of methoxy groups -OCH3 is 1. The molecule has 0 saturated heterocycles. The summed E-state index contributed by atoms with van der Waals surface area (Å²) < 4.78 is 8.75. The van der Waals surface area contributed by atoms with Crippen molar-refractivity contribution in [1.29, 1.82) is 0 Å². The summed E-state index contributed by atoms with van der Waals surface area (Å²) in [6, 6.07) is 0. The van der Waals surface area contributed by atoms with Gasteiger partial charge in [0.05, 0.1) is 17.3 Å². The van der Waals surface area contributed by atoms with E-state index >= 15 is 0 Å². The summed E-state index contributed by atoms with van der Waals surface area (Å²) in [5.41, 5.74) is 6.10. The van der Waals surface area contributed by atoms with Crippen LogP contribution in [-0.2, 0) is 4.74 Å². The van der Waals surface area contributed by atoms with Crippen LogP contribution >= 0.6 is 23.8 Å². The highest BCUT2D eigenvalue weighted by atomic mass is 32.1. The number of carbonyl (C=O) groups is 1. The van der Waals surface area contributed by atoms with E-state index in [0.717, 1.165) is 11.5 Å². The maximum atomic E-state index is 12.3. The van der Waals surface area contributed by atoms with Gasteiger partial charge in [-0.2, -0.15) is 0 Å². The van der Waals surface area contributed by atoms with Gasteiger partial charge in [-0.1, -0.05) is 16.7 Å². The first kappa shape index (κ1) is 14.9. The Balaban J connectivity index is 2.72. The van der Waals surface area contributed by atoms with Crippen molar-refractivity contribution < 1.29 is 9.53 Å². The first-order chi connectivity index (χ1) is 8.56. The van der Waals surface area contributed by atoms with E-state index < -0.39 is 0 Å². The lowest BCUT2D eigenvalue weighted by molar-refractivity contribution is 0.0705. The summed E-state index contributed by atoms with van der Waals surface area (Å²) >= 11 is 5.92. The number of carbonyl (C=O) groups excluding carboxylic acids is 1. The van der Waals surface area contributed by atoms with Crippen LogP contribution in [0.15, 0.2) is 0 Å². The number of hydrogen-bond acceptors (Lipinski definition) is 6. The summed E-state index contributed by atoms with van der Waals surface area (Å²) in [5, 5.41) is 3.83. The van der Waals surface area contributed by atoms with Gasteiger partial charge < -0.3 is 15.4 Å². The minimum Gasteiger partial charge on any atom is -0.393 e. The zero-order valence-electron chi connectivity index (χ0n) is 10.4. The van der Waals surface area contributed by atoms with Gasteiger partial charge in [0.1, 0.15) is 4.88 Å². The van der Waals surface area contributed by atoms with Crippen LogP contribution in [0.2, 0.25) is 0 Å². The van der Waals surface area contributed by atoms with Gasteiger partial charge >= 0.3 is 0 Å². The quantitative estimate of drug-likeness (QED) is 0.740. The molecule has 2 N–H and O–H groups in total. The summed E-state index contributed by atoms with van der Waals surface area (Å²) in [5.74, 6) is -0.101. The van der Waals surface area contributed by atoms with E-state index in [1.165, 1.54) is 0 Å². The SMILES string of the molecule is COCCN(CCC(N)=S)C(=O)c1snnc1C. The highest BCUT2D eigenvalue weighted by Crippen LogP contribution is 2.13. The molecule has 6 nitrogen and oxygen atoms in total. The van der Waals surface area contributed by atoms with E-state index in [4.69, 9.17) is 22.7 Å². The van der Waals surface area contributed by atoms with Gasteiger partial charge in [-0.3, -0.25) is 4.79 Å². The number of amides is 1. The maximum absolute atomic E-state index is 12.3. The summed E-state index contributed by atoms with van der Waals surface area (Å²) in [6.07, 6.45) is 0.496. The van der Waals surface area contributed by atoms with Crippen molar-refractivity contribution in [3.05, 3.63) is 10.6 Å². The molecule has 0 aliphatic rings. The molecule has 0 fully saturated rings. The fourth-order valence-corrected chi connectivity index (χ4v) is 2.05. The van der Waals surface area contributed by atoms with Crippen LogP contribution in [-0.4, -0.2) is 52.2 Å². The number of nitrogens with two attached hydrogens (primary N) is 1. The monoisotopic (exact) mass is 288 g/mol. The largest absolute Gasteiger partial charge is 0.393 e. The fourth-order valence-electron chi connectivity index (χ4n) is 1.33. The lowest BCUT2D eigenvalue weighted by Crippen LogP contribution is -2.36. The molecule has 100 valence electrons. The Morgan fingerprint density at radius 2 is 2.28 bits per heavy atom. The molecule has 18 heavy (non-hydrogen) atoms. The van der Waals surface area contributed by atoms with Crippen LogP contribution in [0.5, 0.6) is 0 Å². The van der Waals surface area contributed by atoms with Gasteiger partial charge in [0.15, 0.2) is 0 Å². The molecule has 0 bridgehead atoms. The molecule has 0 aliphatic heterocycles. The summed E-state index contributed by atoms with van der Waals surface area (Å²) in [6.45, 7) is 3.21. The van der Waals surface area contributed by atoms with Gasteiger partial charge in [0.2, 0.25) is 0 Å².